The Hall–Kier alpha value is -1.90. The summed E-state index contributed by atoms with van der Waals surface area (Å²) in [6.45, 7) is 10.9. The molecular weight excluding hydrogens is 448 g/mol. The van der Waals surface area contributed by atoms with E-state index in [-0.39, 0.29) is 0 Å². The molecule has 0 amide bonds. The van der Waals surface area contributed by atoms with Crippen molar-refractivity contribution in [2.75, 3.05) is 13.1 Å². The molecule has 1 saturated heterocycles. The molecule has 3 aliphatic rings. The first-order valence-corrected chi connectivity index (χ1v) is 15.3. The second kappa shape index (κ2) is 14.3. The molecule has 1 atom stereocenters. The van der Waals surface area contributed by atoms with Gasteiger partial charge in [0.2, 0.25) is 0 Å². The minimum absolute atomic E-state index is 0.529. The molecule has 2 aromatic carbocycles. The highest BCUT2D eigenvalue weighted by molar-refractivity contribution is 5.15. The normalized spacial score (nSPS) is 22.8. The van der Waals surface area contributed by atoms with Crippen molar-refractivity contribution in [2.24, 2.45) is 10.8 Å². The van der Waals surface area contributed by atoms with Crippen LogP contribution in [-0.2, 0) is 13.1 Å². The molecule has 0 bridgehead atoms. The van der Waals surface area contributed by atoms with Crippen LogP contribution in [0.4, 0.5) is 0 Å². The van der Waals surface area contributed by atoms with E-state index in [1.807, 2.05) is 0 Å². The number of nitrogens with zero attached hydrogens (tertiary/aromatic N) is 1. The molecule has 0 radical (unpaired) electrons. The number of allylic oxidation sites excluding steroid dienone is 1. The van der Waals surface area contributed by atoms with Crippen LogP contribution in [0.5, 0.6) is 0 Å². The SMILES string of the molecule is C=CCCC1(CNCc2ccccc2)CCCCC1.CC1CC2(CCCCC2)CN1Cc1ccccc1. The highest BCUT2D eigenvalue weighted by Gasteiger charge is 2.42. The van der Waals surface area contributed by atoms with Gasteiger partial charge in [-0.05, 0) is 73.8 Å². The first-order chi connectivity index (χ1) is 18.1. The fourth-order valence-corrected chi connectivity index (χ4v) is 7.39. The summed E-state index contributed by atoms with van der Waals surface area (Å²) in [6, 6.07) is 22.4. The summed E-state index contributed by atoms with van der Waals surface area (Å²) in [5.41, 5.74) is 4.06. The summed E-state index contributed by atoms with van der Waals surface area (Å²) in [5.74, 6) is 0. The molecular formula is C35H52N2. The van der Waals surface area contributed by atoms with Gasteiger partial charge < -0.3 is 5.32 Å². The standard InChI is InChI=1S/C18H27N.C17H25N/c1-2-3-12-18(13-8-5-9-14-18)16-19-15-17-10-6-4-7-11-17;1-15-12-17(10-6-3-7-11-17)14-18(15)13-16-8-4-2-5-9-16/h2,4,6-7,10-11,19H,1,3,5,8-9,12-16H2;2,4-5,8-9,15H,3,6-7,10-14H2,1H3. The Morgan fingerprint density at radius 2 is 1.43 bits per heavy atom. The second-order valence-electron chi connectivity index (χ2n) is 12.5. The topological polar surface area (TPSA) is 15.3 Å². The maximum absolute atomic E-state index is 3.88. The molecule has 2 aromatic rings. The van der Waals surface area contributed by atoms with Crippen molar-refractivity contribution < 1.29 is 0 Å². The summed E-state index contributed by atoms with van der Waals surface area (Å²) < 4.78 is 0. The molecule has 37 heavy (non-hydrogen) atoms. The van der Waals surface area contributed by atoms with Crippen molar-refractivity contribution in [3.05, 3.63) is 84.4 Å². The number of rotatable bonds is 9. The van der Waals surface area contributed by atoms with E-state index < -0.39 is 0 Å². The molecule has 1 aliphatic heterocycles. The zero-order valence-corrected chi connectivity index (χ0v) is 23.6. The first kappa shape index (κ1) is 28.1. The Morgan fingerprint density at radius 3 is 2.05 bits per heavy atom. The van der Waals surface area contributed by atoms with Gasteiger partial charge in [0.1, 0.15) is 0 Å². The zero-order chi connectivity index (χ0) is 25.8. The van der Waals surface area contributed by atoms with Gasteiger partial charge in [-0.3, -0.25) is 4.90 Å². The molecule has 2 saturated carbocycles. The molecule has 2 nitrogen and oxygen atoms in total. The molecule has 0 aromatic heterocycles. The Balaban J connectivity index is 0.000000173. The largest absolute Gasteiger partial charge is 0.312 e. The molecule has 202 valence electrons. The molecule has 5 rings (SSSR count). The number of hydrogen-bond acceptors (Lipinski definition) is 2. The van der Waals surface area contributed by atoms with Crippen molar-refractivity contribution in [3.8, 4) is 0 Å². The number of nitrogens with one attached hydrogen (secondary N) is 1. The van der Waals surface area contributed by atoms with Gasteiger partial charge in [0.05, 0.1) is 0 Å². The van der Waals surface area contributed by atoms with Gasteiger partial charge in [-0.15, -0.1) is 6.58 Å². The highest BCUT2D eigenvalue weighted by Crippen LogP contribution is 2.46. The van der Waals surface area contributed by atoms with Crippen LogP contribution in [0, 0.1) is 10.8 Å². The van der Waals surface area contributed by atoms with E-state index in [0.717, 1.165) is 32.1 Å². The quantitative estimate of drug-likeness (QED) is 0.346. The fourth-order valence-electron chi connectivity index (χ4n) is 7.39. The third-order valence-corrected chi connectivity index (χ3v) is 9.50. The molecule has 3 fully saturated rings. The van der Waals surface area contributed by atoms with Gasteiger partial charge in [-0.25, -0.2) is 0 Å². The molecule has 2 heteroatoms. The van der Waals surface area contributed by atoms with Crippen LogP contribution in [0.3, 0.4) is 0 Å². The van der Waals surface area contributed by atoms with E-state index in [0.29, 0.717) is 10.8 Å². The summed E-state index contributed by atoms with van der Waals surface area (Å²) >= 11 is 0. The lowest BCUT2D eigenvalue weighted by molar-refractivity contribution is 0.167. The van der Waals surface area contributed by atoms with E-state index in [4.69, 9.17) is 0 Å². The minimum atomic E-state index is 0.529. The number of benzene rings is 2. The van der Waals surface area contributed by atoms with Gasteiger partial charge in [0, 0.05) is 32.2 Å². The van der Waals surface area contributed by atoms with Crippen molar-refractivity contribution in [1.82, 2.24) is 10.2 Å². The maximum Gasteiger partial charge on any atom is 0.0236 e. The summed E-state index contributed by atoms with van der Waals surface area (Å²) in [7, 11) is 0. The highest BCUT2D eigenvalue weighted by atomic mass is 15.2. The van der Waals surface area contributed by atoms with Gasteiger partial charge in [0.15, 0.2) is 0 Å². The van der Waals surface area contributed by atoms with Crippen molar-refractivity contribution >= 4 is 0 Å². The Kier molecular flexibility index (Phi) is 10.9. The lowest BCUT2D eigenvalue weighted by Gasteiger charge is -2.37. The van der Waals surface area contributed by atoms with Crippen LogP contribution in [-0.4, -0.2) is 24.0 Å². The van der Waals surface area contributed by atoms with Crippen molar-refractivity contribution in [3.63, 3.8) is 0 Å². The van der Waals surface area contributed by atoms with Crippen LogP contribution in [0.15, 0.2) is 73.3 Å². The van der Waals surface area contributed by atoms with E-state index >= 15 is 0 Å². The molecule has 1 spiro atoms. The summed E-state index contributed by atoms with van der Waals surface area (Å²) in [5, 5.41) is 3.69. The third kappa shape index (κ3) is 8.55. The van der Waals surface area contributed by atoms with Gasteiger partial charge in [0.25, 0.3) is 0 Å². The summed E-state index contributed by atoms with van der Waals surface area (Å²) in [6.07, 6.45) is 20.3. The smallest absolute Gasteiger partial charge is 0.0236 e. The van der Waals surface area contributed by atoms with Crippen molar-refractivity contribution in [2.45, 2.75) is 110 Å². The lowest BCUT2D eigenvalue weighted by Crippen LogP contribution is -2.35. The van der Waals surface area contributed by atoms with Crippen LogP contribution in [0.1, 0.15) is 102 Å². The number of likely N-dealkylation sites (tertiary alicyclic amines) is 1. The first-order valence-electron chi connectivity index (χ1n) is 15.3. The third-order valence-electron chi connectivity index (χ3n) is 9.50. The fraction of sp³-hybridized carbons (Fsp3) is 0.600. The van der Waals surface area contributed by atoms with Crippen LogP contribution in [0.2, 0.25) is 0 Å². The predicted molar refractivity (Wildman–Crippen MR) is 160 cm³/mol. The van der Waals surface area contributed by atoms with E-state index in [1.165, 1.54) is 94.7 Å². The van der Waals surface area contributed by atoms with Gasteiger partial charge in [-0.1, -0.05) is 105 Å². The average molecular weight is 501 g/mol. The average Bonchev–Trinajstić information content (AvgIpc) is 3.23. The van der Waals surface area contributed by atoms with Crippen LogP contribution in [0.25, 0.3) is 0 Å². The minimum Gasteiger partial charge on any atom is -0.312 e. The zero-order valence-electron chi connectivity index (χ0n) is 23.6. The Morgan fingerprint density at radius 1 is 0.838 bits per heavy atom. The molecule has 1 N–H and O–H groups in total. The van der Waals surface area contributed by atoms with Gasteiger partial charge >= 0.3 is 0 Å². The van der Waals surface area contributed by atoms with E-state index in [2.05, 4.69) is 90.5 Å². The van der Waals surface area contributed by atoms with Gasteiger partial charge in [-0.2, -0.15) is 0 Å². The Bertz CT molecular complexity index is 893. The molecule has 1 unspecified atom stereocenters. The maximum atomic E-state index is 3.88. The van der Waals surface area contributed by atoms with Crippen LogP contribution >= 0.6 is 0 Å². The van der Waals surface area contributed by atoms with Crippen molar-refractivity contribution in [1.29, 1.82) is 0 Å². The molecule has 2 aliphatic carbocycles. The Labute approximate surface area is 227 Å². The molecule has 1 heterocycles. The predicted octanol–water partition coefficient (Wildman–Crippen LogP) is 8.92. The summed E-state index contributed by atoms with van der Waals surface area (Å²) in [4.78, 5) is 2.71. The second-order valence-corrected chi connectivity index (χ2v) is 12.5. The van der Waals surface area contributed by atoms with E-state index in [9.17, 15) is 0 Å². The number of hydrogen-bond donors (Lipinski definition) is 1. The van der Waals surface area contributed by atoms with E-state index in [1.54, 1.807) is 0 Å². The monoisotopic (exact) mass is 500 g/mol. The van der Waals surface area contributed by atoms with Crippen LogP contribution < -0.4 is 5.32 Å². The lowest BCUT2D eigenvalue weighted by atomic mass is 9.71.